The molecule has 0 unspecified atom stereocenters. The zero-order chi connectivity index (χ0) is 25.4. The molecule has 3 rings (SSSR count). The number of rotatable bonds is 11. The zero-order valence-corrected chi connectivity index (χ0v) is 21.0. The lowest BCUT2D eigenvalue weighted by molar-refractivity contribution is -0.121. The maximum atomic E-state index is 12.8. The van der Waals surface area contributed by atoms with Crippen LogP contribution in [0.5, 0.6) is 23.0 Å². The van der Waals surface area contributed by atoms with Crippen LogP contribution in [0.15, 0.2) is 72.8 Å². The van der Waals surface area contributed by atoms with Crippen LogP contribution in [0.3, 0.4) is 0 Å². The van der Waals surface area contributed by atoms with Crippen LogP contribution in [0.25, 0.3) is 0 Å². The third-order valence-electron chi connectivity index (χ3n) is 5.32. The standard InChI is InChI=1S/C26H30N2O6S/c1-19(26(29)27-17-16-20-10-15-24(32-2)25(18-20)33-3)28(35(4,30)31)21-11-13-23(14-12-21)34-22-8-6-5-7-9-22/h5-15,18-19H,16-17H2,1-4H3,(H,27,29)/t19-/m1/s1. The van der Waals surface area contributed by atoms with Crippen LogP contribution in [0.1, 0.15) is 12.5 Å². The van der Waals surface area contributed by atoms with E-state index in [9.17, 15) is 13.2 Å². The Balaban J connectivity index is 1.66. The monoisotopic (exact) mass is 498 g/mol. The van der Waals surface area contributed by atoms with Crippen LogP contribution in [0.4, 0.5) is 5.69 Å². The SMILES string of the molecule is COc1ccc(CCNC(=O)[C@@H](C)N(c2ccc(Oc3ccccc3)cc2)S(C)(=O)=O)cc1OC. The Morgan fingerprint density at radius 2 is 1.54 bits per heavy atom. The largest absolute Gasteiger partial charge is 0.493 e. The van der Waals surface area contributed by atoms with Gasteiger partial charge in [-0.25, -0.2) is 8.42 Å². The van der Waals surface area contributed by atoms with Gasteiger partial charge < -0.3 is 19.5 Å². The summed E-state index contributed by atoms with van der Waals surface area (Å²) >= 11 is 0. The highest BCUT2D eigenvalue weighted by Gasteiger charge is 2.29. The molecule has 0 fully saturated rings. The number of nitrogens with one attached hydrogen (secondary N) is 1. The van der Waals surface area contributed by atoms with Crippen molar-refractivity contribution in [3.63, 3.8) is 0 Å². The highest BCUT2D eigenvalue weighted by molar-refractivity contribution is 7.92. The molecule has 3 aromatic rings. The third kappa shape index (κ3) is 6.89. The normalized spacial score (nSPS) is 11.9. The average molecular weight is 499 g/mol. The maximum Gasteiger partial charge on any atom is 0.243 e. The number of hydrogen-bond acceptors (Lipinski definition) is 6. The van der Waals surface area contributed by atoms with Crippen molar-refractivity contribution in [1.29, 1.82) is 0 Å². The molecule has 1 amide bonds. The molecule has 1 atom stereocenters. The van der Waals surface area contributed by atoms with Gasteiger partial charge in [0.15, 0.2) is 11.5 Å². The quantitative estimate of drug-likeness (QED) is 0.429. The van der Waals surface area contributed by atoms with Crippen molar-refractivity contribution in [3.05, 3.63) is 78.4 Å². The van der Waals surface area contributed by atoms with Crippen molar-refractivity contribution in [2.45, 2.75) is 19.4 Å². The summed E-state index contributed by atoms with van der Waals surface area (Å²) in [5.74, 6) is 2.05. The van der Waals surface area contributed by atoms with Gasteiger partial charge in [0.2, 0.25) is 15.9 Å². The van der Waals surface area contributed by atoms with Crippen molar-refractivity contribution in [1.82, 2.24) is 5.32 Å². The minimum Gasteiger partial charge on any atom is -0.493 e. The van der Waals surface area contributed by atoms with Crippen molar-refractivity contribution in [2.75, 3.05) is 31.3 Å². The number of nitrogens with zero attached hydrogens (tertiary/aromatic N) is 1. The number of sulfonamides is 1. The first-order valence-corrected chi connectivity index (χ1v) is 12.9. The Labute approximate surface area is 206 Å². The van der Waals surface area contributed by atoms with Gasteiger partial charge in [-0.1, -0.05) is 24.3 Å². The molecule has 1 N–H and O–H groups in total. The lowest BCUT2D eigenvalue weighted by Crippen LogP contribution is -2.48. The summed E-state index contributed by atoms with van der Waals surface area (Å²) in [5, 5.41) is 2.82. The number of methoxy groups -OCH3 is 2. The van der Waals surface area contributed by atoms with E-state index < -0.39 is 22.0 Å². The van der Waals surface area contributed by atoms with Crippen LogP contribution in [-0.4, -0.2) is 47.4 Å². The molecule has 0 aliphatic rings. The number of amides is 1. The maximum absolute atomic E-state index is 12.8. The molecule has 0 aliphatic carbocycles. The lowest BCUT2D eigenvalue weighted by atomic mass is 10.1. The first-order chi connectivity index (χ1) is 16.7. The van der Waals surface area contributed by atoms with Gasteiger partial charge in [0.1, 0.15) is 17.5 Å². The molecule has 186 valence electrons. The number of carbonyl (C=O) groups is 1. The Hall–Kier alpha value is -3.72. The highest BCUT2D eigenvalue weighted by atomic mass is 32.2. The number of carbonyl (C=O) groups excluding carboxylic acids is 1. The number of anilines is 1. The van der Waals surface area contributed by atoms with Gasteiger partial charge in [-0.2, -0.15) is 0 Å². The molecule has 0 heterocycles. The van der Waals surface area contributed by atoms with E-state index in [1.807, 2.05) is 42.5 Å². The fourth-order valence-electron chi connectivity index (χ4n) is 3.61. The molecule has 3 aromatic carbocycles. The number of ether oxygens (including phenoxy) is 3. The molecular weight excluding hydrogens is 468 g/mol. The van der Waals surface area contributed by atoms with Gasteiger partial charge >= 0.3 is 0 Å². The summed E-state index contributed by atoms with van der Waals surface area (Å²) in [6, 6.07) is 20.4. The summed E-state index contributed by atoms with van der Waals surface area (Å²) < 4.78 is 42.6. The smallest absolute Gasteiger partial charge is 0.243 e. The molecule has 0 saturated heterocycles. The van der Waals surface area contributed by atoms with Crippen molar-refractivity contribution in [2.24, 2.45) is 0 Å². The van der Waals surface area contributed by atoms with Gasteiger partial charge in [0.25, 0.3) is 0 Å². The molecule has 0 aliphatic heterocycles. The van der Waals surface area contributed by atoms with Gasteiger partial charge in [-0.05, 0) is 67.4 Å². The second-order valence-electron chi connectivity index (χ2n) is 7.87. The van der Waals surface area contributed by atoms with E-state index in [1.165, 1.54) is 0 Å². The molecule has 0 spiro atoms. The van der Waals surface area contributed by atoms with Crippen molar-refractivity contribution >= 4 is 21.6 Å². The molecule has 8 nitrogen and oxygen atoms in total. The number of benzene rings is 3. The number of hydrogen-bond donors (Lipinski definition) is 1. The van der Waals surface area contributed by atoms with E-state index in [4.69, 9.17) is 14.2 Å². The fraction of sp³-hybridized carbons (Fsp3) is 0.269. The molecule has 0 aromatic heterocycles. The molecular formula is C26H30N2O6S. The van der Waals surface area contributed by atoms with E-state index in [-0.39, 0.29) is 0 Å². The lowest BCUT2D eigenvalue weighted by Gasteiger charge is -2.28. The first kappa shape index (κ1) is 25.9. The van der Waals surface area contributed by atoms with Crippen LogP contribution in [-0.2, 0) is 21.2 Å². The average Bonchev–Trinajstić information content (AvgIpc) is 2.84. The highest BCUT2D eigenvalue weighted by Crippen LogP contribution is 2.28. The Kier molecular flexibility index (Phi) is 8.59. The molecule has 35 heavy (non-hydrogen) atoms. The minimum absolute atomic E-state index is 0.333. The van der Waals surface area contributed by atoms with E-state index in [0.29, 0.717) is 41.7 Å². The zero-order valence-electron chi connectivity index (χ0n) is 20.2. The van der Waals surface area contributed by atoms with E-state index in [1.54, 1.807) is 51.5 Å². The second kappa shape index (κ2) is 11.6. The molecule has 0 bridgehead atoms. The van der Waals surface area contributed by atoms with E-state index in [2.05, 4.69) is 5.32 Å². The third-order valence-corrected chi connectivity index (χ3v) is 6.56. The van der Waals surface area contributed by atoms with Gasteiger partial charge in [-0.3, -0.25) is 9.10 Å². The van der Waals surface area contributed by atoms with E-state index in [0.717, 1.165) is 16.1 Å². The molecule has 9 heteroatoms. The van der Waals surface area contributed by atoms with E-state index >= 15 is 0 Å². The summed E-state index contributed by atoms with van der Waals surface area (Å²) in [6.45, 7) is 1.89. The van der Waals surface area contributed by atoms with Gasteiger partial charge in [0.05, 0.1) is 26.2 Å². The Morgan fingerprint density at radius 1 is 0.914 bits per heavy atom. The van der Waals surface area contributed by atoms with Crippen LogP contribution in [0, 0.1) is 0 Å². The molecule has 0 radical (unpaired) electrons. The van der Waals surface area contributed by atoms with Crippen molar-refractivity contribution in [3.8, 4) is 23.0 Å². The van der Waals surface area contributed by atoms with Crippen LogP contribution in [0.2, 0.25) is 0 Å². The number of para-hydroxylation sites is 1. The Morgan fingerprint density at radius 3 is 2.14 bits per heavy atom. The van der Waals surface area contributed by atoms with Crippen LogP contribution < -0.4 is 23.8 Å². The molecule has 0 saturated carbocycles. The second-order valence-corrected chi connectivity index (χ2v) is 9.73. The first-order valence-electron chi connectivity index (χ1n) is 11.0. The summed E-state index contributed by atoms with van der Waals surface area (Å²) in [7, 11) is -0.600. The van der Waals surface area contributed by atoms with Crippen LogP contribution >= 0.6 is 0 Å². The van der Waals surface area contributed by atoms with Gasteiger partial charge in [0, 0.05) is 6.54 Å². The summed E-state index contributed by atoms with van der Waals surface area (Å²) in [5.41, 5.74) is 1.32. The summed E-state index contributed by atoms with van der Waals surface area (Å²) in [6.07, 6.45) is 1.62. The predicted molar refractivity (Wildman–Crippen MR) is 136 cm³/mol. The topological polar surface area (TPSA) is 94.2 Å². The van der Waals surface area contributed by atoms with Gasteiger partial charge in [-0.15, -0.1) is 0 Å². The fourth-order valence-corrected chi connectivity index (χ4v) is 4.78. The predicted octanol–water partition coefficient (Wildman–Crippen LogP) is 4.01. The minimum atomic E-state index is -3.73. The van der Waals surface area contributed by atoms with Crippen molar-refractivity contribution < 1.29 is 27.4 Å². The summed E-state index contributed by atoms with van der Waals surface area (Å²) in [4.78, 5) is 12.8. The Bertz CT molecular complexity index is 1230.